The Hall–Kier alpha value is -2.30. The van der Waals surface area contributed by atoms with E-state index in [0.717, 1.165) is 41.4 Å². The number of hydrogen-bond donors (Lipinski definition) is 2. The van der Waals surface area contributed by atoms with Gasteiger partial charge in [-0.1, -0.05) is 0 Å². The van der Waals surface area contributed by atoms with E-state index in [0.29, 0.717) is 0 Å². The third-order valence-corrected chi connectivity index (χ3v) is 2.84. The second kappa shape index (κ2) is 4.52. The average molecular weight is 242 g/mol. The van der Waals surface area contributed by atoms with Gasteiger partial charge < -0.3 is 14.7 Å². The summed E-state index contributed by atoms with van der Waals surface area (Å²) in [5, 5.41) is 3.00. The Labute approximate surface area is 104 Å². The summed E-state index contributed by atoms with van der Waals surface area (Å²) in [6.45, 7) is 0. The summed E-state index contributed by atoms with van der Waals surface area (Å²) in [5.41, 5.74) is 1.71. The van der Waals surface area contributed by atoms with Gasteiger partial charge in [-0.2, -0.15) is 0 Å². The first kappa shape index (κ1) is 10.8. The number of aryl methyl sites for hydroxylation is 2. The molecule has 3 aromatic heterocycles. The molecule has 0 aromatic carbocycles. The first-order chi connectivity index (χ1) is 8.85. The van der Waals surface area contributed by atoms with Gasteiger partial charge in [0, 0.05) is 19.9 Å². The van der Waals surface area contributed by atoms with E-state index < -0.39 is 0 Å². The second-order valence-electron chi connectivity index (χ2n) is 4.08. The van der Waals surface area contributed by atoms with Crippen molar-refractivity contribution >= 4 is 17.0 Å². The summed E-state index contributed by atoms with van der Waals surface area (Å²) in [6.07, 6.45) is 3.35. The Morgan fingerprint density at radius 3 is 2.94 bits per heavy atom. The van der Waals surface area contributed by atoms with Crippen molar-refractivity contribution in [2.45, 2.75) is 12.8 Å². The molecular weight excluding hydrogens is 228 g/mol. The number of pyridine rings is 1. The van der Waals surface area contributed by atoms with Gasteiger partial charge in [0.15, 0.2) is 5.65 Å². The summed E-state index contributed by atoms with van der Waals surface area (Å²) >= 11 is 0. The molecule has 0 spiro atoms. The molecule has 0 aliphatic heterocycles. The summed E-state index contributed by atoms with van der Waals surface area (Å²) in [7, 11) is 1.85. The fourth-order valence-corrected chi connectivity index (χ4v) is 1.90. The lowest BCUT2D eigenvalue weighted by Crippen LogP contribution is -1.92. The van der Waals surface area contributed by atoms with E-state index in [4.69, 9.17) is 4.42 Å². The van der Waals surface area contributed by atoms with Gasteiger partial charge in [0.2, 0.25) is 0 Å². The highest BCUT2D eigenvalue weighted by Crippen LogP contribution is 2.14. The van der Waals surface area contributed by atoms with Crippen LogP contribution in [0.2, 0.25) is 0 Å². The predicted molar refractivity (Wildman–Crippen MR) is 69.6 cm³/mol. The smallest absolute Gasteiger partial charge is 0.179 e. The van der Waals surface area contributed by atoms with Crippen molar-refractivity contribution in [2.24, 2.45) is 0 Å². The molecule has 0 unspecified atom stereocenters. The first-order valence-corrected chi connectivity index (χ1v) is 5.91. The van der Waals surface area contributed by atoms with E-state index in [-0.39, 0.29) is 0 Å². The molecule has 0 aliphatic carbocycles. The minimum Gasteiger partial charge on any atom is -0.469 e. The van der Waals surface area contributed by atoms with E-state index in [1.807, 2.05) is 31.3 Å². The van der Waals surface area contributed by atoms with E-state index in [1.165, 1.54) is 0 Å². The molecule has 92 valence electrons. The Morgan fingerprint density at radius 2 is 2.17 bits per heavy atom. The molecular formula is C13H14N4O. The van der Waals surface area contributed by atoms with Crippen LogP contribution >= 0.6 is 0 Å². The summed E-state index contributed by atoms with van der Waals surface area (Å²) in [6, 6.07) is 7.78. The largest absolute Gasteiger partial charge is 0.469 e. The van der Waals surface area contributed by atoms with Crippen molar-refractivity contribution < 1.29 is 4.42 Å². The molecule has 0 aliphatic rings. The molecule has 3 heterocycles. The quantitative estimate of drug-likeness (QED) is 0.737. The van der Waals surface area contributed by atoms with Crippen LogP contribution in [-0.4, -0.2) is 22.0 Å². The normalized spacial score (nSPS) is 10.9. The Balaban J connectivity index is 1.80. The third-order valence-electron chi connectivity index (χ3n) is 2.84. The zero-order chi connectivity index (χ0) is 12.4. The Bertz CT molecular complexity index is 642. The van der Waals surface area contributed by atoms with Gasteiger partial charge in [-0.05, 0) is 24.3 Å². The maximum Gasteiger partial charge on any atom is 0.179 e. The number of aromatic amines is 1. The van der Waals surface area contributed by atoms with Crippen LogP contribution in [0, 0.1) is 0 Å². The van der Waals surface area contributed by atoms with Crippen molar-refractivity contribution in [1.82, 2.24) is 15.0 Å². The van der Waals surface area contributed by atoms with Gasteiger partial charge >= 0.3 is 0 Å². The molecule has 3 rings (SSSR count). The van der Waals surface area contributed by atoms with Crippen LogP contribution in [-0.2, 0) is 12.8 Å². The van der Waals surface area contributed by atoms with Gasteiger partial charge in [0.25, 0.3) is 0 Å². The number of aromatic nitrogens is 3. The van der Waals surface area contributed by atoms with Crippen LogP contribution in [0.1, 0.15) is 11.6 Å². The summed E-state index contributed by atoms with van der Waals surface area (Å²) < 4.78 is 5.30. The van der Waals surface area contributed by atoms with Crippen molar-refractivity contribution in [1.29, 1.82) is 0 Å². The predicted octanol–water partition coefficient (Wildman–Crippen LogP) is 2.38. The lowest BCUT2D eigenvalue weighted by atomic mass is 10.2. The molecule has 5 heteroatoms. The number of anilines is 1. The number of nitrogens with one attached hydrogen (secondary N) is 2. The topological polar surface area (TPSA) is 66.7 Å². The molecule has 0 atom stereocenters. The number of hydrogen-bond acceptors (Lipinski definition) is 4. The van der Waals surface area contributed by atoms with Crippen molar-refractivity contribution in [2.75, 3.05) is 12.4 Å². The molecule has 5 nitrogen and oxygen atoms in total. The van der Waals surface area contributed by atoms with Gasteiger partial charge in [-0.25, -0.2) is 9.97 Å². The van der Waals surface area contributed by atoms with Crippen molar-refractivity contribution in [3.05, 3.63) is 42.1 Å². The Kier molecular flexibility index (Phi) is 2.72. The SMILES string of the molecule is CNc1ccc2[nH]c(CCc3ccco3)nc2n1. The molecule has 0 amide bonds. The molecule has 2 N–H and O–H groups in total. The van der Waals surface area contributed by atoms with Gasteiger partial charge in [-0.3, -0.25) is 0 Å². The van der Waals surface area contributed by atoms with Gasteiger partial charge in [-0.15, -0.1) is 0 Å². The third kappa shape index (κ3) is 2.07. The van der Waals surface area contributed by atoms with E-state index >= 15 is 0 Å². The van der Waals surface area contributed by atoms with Crippen LogP contribution in [0.3, 0.4) is 0 Å². The van der Waals surface area contributed by atoms with Crippen molar-refractivity contribution in [3.63, 3.8) is 0 Å². The number of imidazole rings is 1. The van der Waals surface area contributed by atoms with Gasteiger partial charge in [0.1, 0.15) is 17.4 Å². The fraction of sp³-hybridized carbons (Fsp3) is 0.231. The van der Waals surface area contributed by atoms with E-state index in [1.54, 1.807) is 6.26 Å². The zero-order valence-electron chi connectivity index (χ0n) is 10.1. The van der Waals surface area contributed by atoms with E-state index in [2.05, 4.69) is 20.3 Å². The summed E-state index contributed by atoms with van der Waals surface area (Å²) in [4.78, 5) is 12.1. The fourth-order valence-electron chi connectivity index (χ4n) is 1.90. The molecule has 0 saturated carbocycles. The minimum absolute atomic E-state index is 0.747. The van der Waals surface area contributed by atoms with Crippen LogP contribution in [0.4, 0.5) is 5.82 Å². The molecule has 0 radical (unpaired) electrons. The number of H-pyrrole nitrogens is 1. The number of fused-ring (bicyclic) bond motifs is 1. The van der Waals surface area contributed by atoms with Crippen LogP contribution in [0.15, 0.2) is 34.9 Å². The molecule has 3 aromatic rings. The lowest BCUT2D eigenvalue weighted by Gasteiger charge is -1.95. The van der Waals surface area contributed by atoms with Crippen LogP contribution < -0.4 is 5.32 Å². The summed E-state index contributed by atoms with van der Waals surface area (Å²) in [5.74, 6) is 2.73. The number of nitrogens with zero attached hydrogens (tertiary/aromatic N) is 2. The highest BCUT2D eigenvalue weighted by molar-refractivity contribution is 5.72. The number of rotatable bonds is 4. The van der Waals surface area contributed by atoms with Gasteiger partial charge in [0.05, 0.1) is 11.8 Å². The first-order valence-electron chi connectivity index (χ1n) is 5.91. The molecule has 0 bridgehead atoms. The zero-order valence-corrected chi connectivity index (χ0v) is 10.1. The highest BCUT2D eigenvalue weighted by Gasteiger charge is 2.05. The monoisotopic (exact) mass is 242 g/mol. The molecule has 18 heavy (non-hydrogen) atoms. The maximum absolute atomic E-state index is 5.30. The molecule has 0 saturated heterocycles. The lowest BCUT2D eigenvalue weighted by molar-refractivity contribution is 0.507. The molecule has 0 fully saturated rings. The second-order valence-corrected chi connectivity index (χ2v) is 4.08. The number of furan rings is 1. The highest BCUT2D eigenvalue weighted by atomic mass is 16.3. The average Bonchev–Trinajstić information content (AvgIpc) is 3.04. The van der Waals surface area contributed by atoms with Crippen LogP contribution in [0.5, 0.6) is 0 Å². The van der Waals surface area contributed by atoms with E-state index in [9.17, 15) is 0 Å². The van der Waals surface area contributed by atoms with Crippen molar-refractivity contribution in [3.8, 4) is 0 Å². The maximum atomic E-state index is 5.30. The van der Waals surface area contributed by atoms with Crippen LogP contribution in [0.25, 0.3) is 11.2 Å². The Morgan fingerprint density at radius 1 is 1.22 bits per heavy atom. The minimum atomic E-state index is 0.747. The standard InChI is InChI=1S/C13H14N4O/c1-14-11-7-5-10-13(16-11)17-12(15-10)6-4-9-3-2-8-18-9/h2-3,5,7-8H,4,6H2,1H3,(H2,14,15,16,17).